The van der Waals surface area contributed by atoms with E-state index in [1.807, 2.05) is 0 Å². The van der Waals surface area contributed by atoms with E-state index in [0.717, 1.165) is 0 Å². The standard InChI is InChI=1S/C12H17N3O5/c1-8(15-7-3-6-13-15)11(17)14-9(12(18)19)4-5-10(16)20-2/h3,6-9H,4-5H2,1-2H3,(H,14,17)(H,18,19)/t8?,9-/m0/s1. The minimum Gasteiger partial charge on any atom is -0.480 e. The highest BCUT2D eigenvalue weighted by Gasteiger charge is 2.24. The first-order valence-electron chi connectivity index (χ1n) is 6.04. The van der Waals surface area contributed by atoms with Crippen molar-refractivity contribution in [3.63, 3.8) is 0 Å². The Labute approximate surface area is 115 Å². The molecule has 110 valence electrons. The molecule has 8 heteroatoms. The van der Waals surface area contributed by atoms with Crippen molar-refractivity contribution in [2.24, 2.45) is 0 Å². The lowest BCUT2D eigenvalue weighted by Gasteiger charge is -2.17. The van der Waals surface area contributed by atoms with Gasteiger partial charge in [0.1, 0.15) is 12.1 Å². The number of carbonyl (C=O) groups is 3. The molecule has 0 radical (unpaired) electrons. The van der Waals surface area contributed by atoms with Crippen molar-refractivity contribution in [3.8, 4) is 0 Å². The normalized spacial score (nSPS) is 13.3. The molecule has 1 heterocycles. The van der Waals surface area contributed by atoms with Crippen molar-refractivity contribution in [2.75, 3.05) is 7.11 Å². The van der Waals surface area contributed by atoms with Crippen molar-refractivity contribution < 1.29 is 24.2 Å². The summed E-state index contributed by atoms with van der Waals surface area (Å²) in [6, 6.07) is -0.111. The summed E-state index contributed by atoms with van der Waals surface area (Å²) >= 11 is 0. The van der Waals surface area contributed by atoms with E-state index in [2.05, 4.69) is 15.2 Å². The van der Waals surface area contributed by atoms with Gasteiger partial charge in [0.25, 0.3) is 0 Å². The van der Waals surface area contributed by atoms with Crippen LogP contribution in [-0.2, 0) is 19.1 Å². The summed E-state index contributed by atoms with van der Waals surface area (Å²) in [5.74, 6) is -2.20. The minimum atomic E-state index is -1.20. The summed E-state index contributed by atoms with van der Waals surface area (Å²) in [7, 11) is 1.22. The number of aromatic nitrogens is 2. The maximum Gasteiger partial charge on any atom is 0.326 e. The van der Waals surface area contributed by atoms with E-state index in [0.29, 0.717) is 0 Å². The van der Waals surface area contributed by atoms with Crippen LogP contribution in [0.2, 0.25) is 0 Å². The molecule has 1 rings (SSSR count). The predicted molar refractivity (Wildman–Crippen MR) is 67.8 cm³/mol. The predicted octanol–water partition coefficient (Wildman–Crippen LogP) is -0.0333. The second-order valence-corrected chi connectivity index (χ2v) is 4.18. The molecule has 0 aliphatic rings. The zero-order valence-corrected chi connectivity index (χ0v) is 11.3. The van der Waals surface area contributed by atoms with Crippen LogP contribution >= 0.6 is 0 Å². The molecule has 8 nitrogen and oxygen atoms in total. The zero-order valence-electron chi connectivity index (χ0n) is 11.3. The first-order valence-corrected chi connectivity index (χ1v) is 6.04. The molecule has 0 aliphatic heterocycles. The van der Waals surface area contributed by atoms with Gasteiger partial charge in [-0.3, -0.25) is 14.3 Å². The third-order valence-electron chi connectivity index (χ3n) is 2.78. The molecule has 0 aliphatic carbocycles. The van der Waals surface area contributed by atoms with Crippen LogP contribution in [0.15, 0.2) is 18.5 Å². The first kappa shape index (κ1) is 15.7. The molecule has 0 saturated carbocycles. The van der Waals surface area contributed by atoms with E-state index in [1.165, 1.54) is 18.0 Å². The number of hydrogen-bond acceptors (Lipinski definition) is 5. The lowest BCUT2D eigenvalue weighted by Crippen LogP contribution is -2.44. The van der Waals surface area contributed by atoms with Crippen molar-refractivity contribution in [1.82, 2.24) is 15.1 Å². The maximum atomic E-state index is 11.9. The van der Waals surface area contributed by atoms with Gasteiger partial charge in [-0.2, -0.15) is 5.10 Å². The van der Waals surface area contributed by atoms with Gasteiger partial charge in [0, 0.05) is 18.8 Å². The Balaban J connectivity index is 2.59. The third kappa shape index (κ3) is 4.38. The topological polar surface area (TPSA) is 111 Å². The number of nitrogens with zero attached hydrogens (tertiary/aromatic N) is 2. The summed E-state index contributed by atoms with van der Waals surface area (Å²) in [6.45, 7) is 1.60. The number of carboxylic acid groups (broad SMARTS) is 1. The summed E-state index contributed by atoms with van der Waals surface area (Å²) < 4.78 is 5.84. The molecular weight excluding hydrogens is 266 g/mol. The van der Waals surface area contributed by atoms with Gasteiger partial charge in [0.2, 0.25) is 5.91 Å². The second-order valence-electron chi connectivity index (χ2n) is 4.18. The highest BCUT2D eigenvalue weighted by Crippen LogP contribution is 2.06. The quantitative estimate of drug-likeness (QED) is 0.680. The average Bonchev–Trinajstić information content (AvgIpc) is 2.95. The number of aliphatic carboxylic acids is 1. The molecule has 0 fully saturated rings. The first-order chi connectivity index (χ1) is 9.45. The summed E-state index contributed by atoms with van der Waals surface area (Å²) in [6.07, 6.45) is 3.02. The molecular formula is C12H17N3O5. The van der Waals surface area contributed by atoms with E-state index in [1.54, 1.807) is 19.2 Å². The van der Waals surface area contributed by atoms with Gasteiger partial charge in [-0.05, 0) is 19.4 Å². The van der Waals surface area contributed by atoms with Crippen molar-refractivity contribution in [3.05, 3.63) is 18.5 Å². The van der Waals surface area contributed by atoms with Crippen LogP contribution in [-0.4, -0.2) is 45.9 Å². The van der Waals surface area contributed by atoms with Crippen LogP contribution in [0.3, 0.4) is 0 Å². The third-order valence-corrected chi connectivity index (χ3v) is 2.78. The lowest BCUT2D eigenvalue weighted by atomic mass is 10.1. The van der Waals surface area contributed by atoms with Crippen LogP contribution in [0.25, 0.3) is 0 Å². The monoisotopic (exact) mass is 283 g/mol. The van der Waals surface area contributed by atoms with Crippen LogP contribution in [0.1, 0.15) is 25.8 Å². The SMILES string of the molecule is COC(=O)CC[C@H](NC(=O)C(C)n1cccn1)C(=O)O. The Morgan fingerprint density at radius 1 is 1.45 bits per heavy atom. The van der Waals surface area contributed by atoms with Gasteiger partial charge in [-0.1, -0.05) is 0 Å². The number of nitrogens with one attached hydrogen (secondary N) is 1. The molecule has 0 spiro atoms. The number of carbonyl (C=O) groups excluding carboxylic acids is 2. The fourth-order valence-corrected chi connectivity index (χ4v) is 1.54. The van der Waals surface area contributed by atoms with E-state index in [4.69, 9.17) is 5.11 Å². The molecule has 2 atom stereocenters. The van der Waals surface area contributed by atoms with E-state index in [-0.39, 0.29) is 12.8 Å². The Morgan fingerprint density at radius 2 is 2.15 bits per heavy atom. The average molecular weight is 283 g/mol. The van der Waals surface area contributed by atoms with E-state index in [9.17, 15) is 14.4 Å². The Bertz CT molecular complexity index is 471. The number of methoxy groups -OCH3 is 1. The molecule has 20 heavy (non-hydrogen) atoms. The number of rotatable bonds is 7. The van der Waals surface area contributed by atoms with Crippen molar-refractivity contribution >= 4 is 17.8 Å². The van der Waals surface area contributed by atoms with E-state index >= 15 is 0 Å². The molecule has 1 amide bonds. The van der Waals surface area contributed by atoms with Crippen LogP contribution < -0.4 is 5.32 Å². The van der Waals surface area contributed by atoms with Crippen LogP contribution in [0.4, 0.5) is 0 Å². The zero-order chi connectivity index (χ0) is 15.1. The molecule has 2 N–H and O–H groups in total. The lowest BCUT2D eigenvalue weighted by molar-refractivity contribution is -0.144. The van der Waals surface area contributed by atoms with Gasteiger partial charge in [0.05, 0.1) is 7.11 Å². The van der Waals surface area contributed by atoms with Gasteiger partial charge < -0.3 is 15.2 Å². The number of esters is 1. The molecule has 0 aromatic carbocycles. The van der Waals surface area contributed by atoms with Crippen LogP contribution in [0, 0.1) is 0 Å². The molecule has 1 aromatic rings. The largest absolute Gasteiger partial charge is 0.480 e. The van der Waals surface area contributed by atoms with Gasteiger partial charge in [-0.15, -0.1) is 0 Å². The molecule has 1 unspecified atom stereocenters. The van der Waals surface area contributed by atoms with Crippen molar-refractivity contribution in [1.29, 1.82) is 0 Å². The minimum absolute atomic E-state index is 0.0282. The number of amides is 1. The molecule has 1 aromatic heterocycles. The smallest absolute Gasteiger partial charge is 0.326 e. The summed E-state index contributed by atoms with van der Waals surface area (Å²) in [4.78, 5) is 34.0. The Hall–Kier alpha value is -2.38. The Kier molecular flexibility index (Phi) is 5.70. The fraction of sp³-hybridized carbons (Fsp3) is 0.500. The number of hydrogen-bond donors (Lipinski definition) is 2. The number of carboxylic acids is 1. The highest BCUT2D eigenvalue weighted by molar-refractivity contribution is 5.86. The fourth-order valence-electron chi connectivity index (χ4n) is 1.54. The number of ether oxygens (including phenoxy) is 1. The van der Waals surface area contributed by atoms with Crippen molar-refractivity contribution in [2.45, 2.75) is 31.8 Å². The van der Waals surface area contributed by atoms with Gasteiger partial charge in [0.15, 0.2) is 0 Å². The maximum absolute atomic E-state index is 11.9. The second kappa shape index (κ2) is 7.27. The summed E-state index contributed by atoms with van der Waals surface area (Å²) in [5, 5.41) is 15.3. The highest BCUT2D eigenvalue weighted by atomic mass is 16.5. The van der Waals surface area contributed by atoms with Crippen LogP contribution in [0.5, 0.6) is 0 Å². The van der Waals surface area contributed by atoms with E-state index < -0.39 is 29.9 Å². The molecule has 0 bridgehead atoms. The Morgan fingerprint density at radius 3 is 2.65 bits per heavy atom. The summed E-state index contributed by atoms with van der Waals surface area (Å²) in [5.41, 5.74) is 0. The van der Waals surface area contributed by atoms with Gasteiger partial charge in [-0.25, -0.2) is 4.79 Å². The van der Waals surface area contributed by atoms with Gasteiger partial charge >= 0.3 is 11.9 Å². The molecule has 0 saturated heterocycles.